The molecule has 138 valence electrons. The quantitative estimate of drug-likeness (QED) is 0.621. The Balaban J connectivity index is 1.45. The van der Waals surface area contributed by atoms with Crippen LogP contribution in [-0.4, -0.2) is 43.0 Å². The molecule has 0 saturated carbocycles. The molecule has 1 atom stereocenters. The average molecular weight is 356 g/mol. The van der Waals surface area contributed by atoms with Crippen molar-refractivity contribution in [3.63, 3.8) is 0 Å². The molecular weight excluding hydrogens is 332 g/mol. The SMILES string of the molecule is O=C(Nc1cccc2c1OCCO2)C(=O)N1CCCC2(CC=CCC2)C1. The maximum Gasteiger partial charge on any atom is 0.314 e. The molecule has 6 heteroatoms. The smallest absolute Gasteiger partial charge is 0.314 e. The summed E-state index contributed by atoms with van der Waals surface area (Å²) >= 11 is 0. The first-order chi connectivity index (χ1) is 12.7. The number of benzene rings is 1. The lowest BCUT2D eigenvalue weighted by Gasteiger charge is -2.43. The Kier molecular flexibility index (Phi) is 4.57. The molecule has 1 unspecified atom stereocenters. The fourth-order valence-corrected chi connectivity index (χ4v) is 4.19. The molecule has 1 fully saturated rings. The molecule has 6 nitrogen and oxygen atoms in total. The zero-order chi connectivity index (χ0) is 18.0. The molecule has 0 bridgehead atoms. The van der Waals surface area contributed by atoms with Crippen molar-refractivity contribution in [1.29, 1.82) is 0 Å². The van der Waals surface area contributed by atoms with Gasteiger partial charge in [-0.2, -0.15) is 0 Å². The number of carbonyl (C=O) groups is 2. The highest BCUT2D eigenvalue weighted by atomic mass is 16.6. The molecule has 1 aromatic carbocycles. The second-order valence-corrected chi connectivity index (χ2v) is 7.33. The van der Waals surface area contributed by atoms with E-state index in [0.29, 0.717) is 43.5 Å². The standard InChI is InChI=1S/C20H24N2O4/c23-18(21-15-6-4-7-16-17(15)26-13-12-25-16)19(24)22-11-5-10-20(14-22)8-2-1-3-9-20/h1-2,4,6-7H,3,5,8-14H2,(H,21,23). The Hall–Kier alpha value is -2.50. The van der Waals surface area contributed by atoms with Crippen LogP contribution in [0.15, 0.2) is 30.4 Å². The lowest BCUT2D eigenvalue weighted by atomic mass is 9.71. The van der Waals surface area contributed by atoms with E-state index in [0.717, 1.165) is 32.1 Å². The summed E-state index contributed by atoms with van der Waals surface area (Å²) in [5.74, 6) is 0.00350. The molecule has 3 aliphatic rings. The summed E-state index contributed by atoms with van der Waals surface area (Å²) in [6.07, 6.45) is 9.64. The van der Waals surface area contributed by atoms with Gasteiger partial charge in [-0.15, -0.1) is 0 Å². The Morgan fingerprint density at radius 1 is 1.12 bits per heavy atom. The van der Waals surface area contributed by atoms with Gasteiger partial charge in [0.2, 0.25) is 0 Å². The third kappa shape index (κ3) is 3.28. The molecule has 1 N–H and O–H groups in total. The third-order valence-corrected chi connectivity index (χ3v) is 5.52. The highest BCUT2D eigenvalue weighted by Crippen LogP contribution is 2.41. The number of para-hydroxylation sites is 1. The lowest BCUT2D eigenvalue weighted by Crippen LogP contribution is -2.49. The number of ether oxygens (including phenoxy) is 2. The van der Waals surface area contributed by atoms with E-state index in [1.165, 1.54) is 0 Å². The van der Waals surface area contributed by atoms with Crippen LogP contribution in [0, 0.1) is 5.41 Å². The highest BCUT2D eigenvalue weighted by Gasteiger charge is 2.38. The summed E-state index contributed by atoms with van der Waals surface area (Å²) in [5, 5.41) is 2.71. The number of rotatable bonds is 1. The van der Waals surface area contributed by atoms with Crippen molar-refractivity contribution >= 4 is 17.5 Å². The van der Waals surface area contributed by atoms with E-state index in [1.54, 1.807) is 23.1 Å². The van der Waals surface area contributed by atoms with E-state index >= 15 is 0 Å². The molecule has 2 aliphatic heterocycles. The van der Waals surface area contributed by atoms with Crippen LogP contribution in [0.3, 0.4) is 0 Å². The molecule has 1 saturated heterocycles. The minimum Gasteiger partial charge on any atom is -0.486 e. The van der Waals surface area contributed by atoms with Crippen LogP contribution < -0.4 is 14.8 Å². The third-order valence-electron chi connectivity index (χ3n) is 5.52. The second kappa shape index (κ2) is 7.02. The van der Waals surface area contributed by atoms with Gasteiger partial charge in [0.15, 0.2) is 11.5 Å². The number of nitrogens with zero attached hydrogens (tertiary/aromatic N) is 1. The number of allylic oxidation sites excluding steroid dienone is 2. The number of likely N-dealkylation sites (tertiary alicyclic amines) is 1. The zero-order valence-corrected chi connectivity index (χ0v) is 14.8. The monoisotopic (exact) mass is 356 g/mol. The van der Waals surface area contributed by atoms with Crippen molar-refractivity contribution in [2.75, 3.05) is 31.6 Å². The van der Waals surface area contributed by atoms with Crippen LogP contribution in [0.4, 0.5) is 5.69 Å². The van der Waals surface area contributed by atoms with E-state index in [4.69, 9.17) is 9.47 Å². The van der Waals surface area contributed by atoms with Gasteiger partial charge in [0.05, 0.1) is 5.69 Å². The van der Waals surface area contributed by atoms with Gasteiger partial charge >= 0.3 is 11.8 Å². The van der Waals surface area contributed by atoms with Crippen molar-refractivity contribution in [2.45, 2.75) is 32.1 Å². The number of amides is 2. The fourth-order valence-electron chi connectivity index (χ4n) is 4.19. The van der Waals surface area contributed by atoms with Gasteiger partial charge < -0.3 is 19.7 Å². The van der Waals surface area contributed by atoms with Gasteiger partial charge in [-0.05, 0) is 49.7 Å². The van der Waals surface area contributed by atoms with Gasteiger partial charge in [0.25, 0.3) is 0 Å². The Bertz CT molecular complexity index is 745. The molecule has 26 heavy (non-hydrogen) atoms. The largest absolute Gasteiger partial charge is 0.486 e. The molecular formula is C20H24N2O4. The summed E-state index contributed by atoms with van der Waals surface area (Å²) in [6, 6.07) is 5.29. The van der Waals surface area contributed by atoms with Gasteiger partial charge in [0, 0.05) is 13.1 Å². The number of fused-ring (bicyclic) bond motifs is 1. The van der Waals surface area contributed by atoms with Crippen molar-refractivity contribution in [3.05, 3.63) is 30.4 Å². The summed E-state index contributed by atoms with van der Waals surface area (Å²) in [7, 11) is 0. The van der Waals surface area contributed by atoms with Gasteiger partial charge in [0.1, 0.15) is 13.2 Å². The van der Waals surface area contributed by atoms with Crippen LogP contribution in [0.25, 0.3) is 0 Å². The summed E-state index contributed by atoms with van der Waals surface area (Å²) in [6.45, 7) is 2.21. The summed E-state index contributed by atoms with van der Waals surface area (Å²) in [5.41, 5.74) is 0.624. The zero-order valence-electron chi connectivity index (χ0n) is 14.8. The molecule has 1 aliphatic carbocycles. The summed E-state index contributed by atoms with van der Waals surface area (Å²) in [4.78, 5) is 27.0. The Labute approximate surface area is 153 Å². The topological polar surface area (TPSA) is 67.9 Å². The van der Waals surface area contributed by atoms with Crippen LogP contribution >= 0.6 is 0 Å². The van der Waals surface area contributed by atoms with Gasteiger partial charge in [-0.1, -0.05) is 18.2 Å². The first-order valence-corrected chi connectivity index (χ1v) is 9.31. The molecule has 0 radical (unpaired) electrons. The Morgan fingerprint density at radius 2 is 2.00 bits per heavy atom. The number of piperidine rings is 1. The van der Waals surface area contributed by atoms with Crippen molar-refractivity contribution in [3.8, 4) is 11.5 Å². The first-order valence-electron chi connectivity index (χ1n) is 9.31. The summed E-state index contributed by atoms with van der Waals surface area (Å²) < 4.78 is 11.1. The molecule has 1 aromatic rings. The highest BCUT2D eigenvalue weighted by molar-refractivity contribution is 6.39. The van der Waals surface area contributed by atoms with E-state index < -0.39 is 11.8 Å². The van der Waals surface area contributed by atoms with Gasteiger partial charge in [-0.25, -0.2) is 0 Å². The van der Waals surface area contributed by atoms with E-state index in [9.17, 15) is 9.59 Å². The van der Waals surface area contributed by atoms with Crippen LogP contribution in [-0.2, 0) is 9.59 Å². The van der Waals surface area contributed by atoms with E-state index in [2.05, 4.69) is 17.5 Å². The first kappa shape index (κ1) is 16.9. The van der Waals surface area contributed by atoms with Crippen molar-refractivity contribution < 1.29 is 19.1 Å². The molecule has 1 spiro atoms. The minimum atomic E-state index is -0.615. The fraction of sp³-hybridized carbons (Fsp3) is 0.500. The number of anilines is 1. The van der Waals surface area contributed by atoms with Crippen molar-refractivity contribution in [1.82, 2.24) is 4.90 Å². The predicted molar refractivity (Wildman–Crippen MR) is 97.3 cm³/mol. The number of carbonyl (C=O) groups excluding carboxylic acids is 2. The van der Waals surface area contributed by atoms with Crippen LogP contribution in [0.1, 0.15) is 32.1 Å². The molecule has 4 rings (SSSR count). The van der Waals surface area contributed by atoms with Crippen LogP contribution in [0.5, 0.6) is 11.5 Å². The predicted octanol–water partition coefficient (Wildman–Crippen LogP) is 2.75. The van der Waals surface area contributed by atoms with Crippen molar-refractivity contribution in [2.24, 2.45) is 5.41 Å². The number of hydrogen-bond donors (Lipinski definition) is 1. The minimum absolute atomic E-state index is 0.145. The van der Waals surface area contributed by atoms with Crippen LogP contribution in [0.2, 0.25) is 0 Å². The lowest BCUT2D eigenvalue weighted by molar-refractivity contribution is -0.145. The maximum absolute atomic E-state index is 12.7. The van der Waals surface area contributed by atoms with E-state index in [-0.39, 0.29) is 5.41 Å². The molecule has 2 heterocycles. The average Bonchev–Trinajstić information content (AvgIpc) is 2.68. The maximum atomic E-state index is 12.7. The Morgan fingerprint density at radius 3 is 2.85 bits per heavy atom. The normalized spacial score (nSPS) is 24.4. The van der Waals surface area contributed by atoms with E-state index in [1.807, 2.05) is 0 Å². The second-order valence-electron chi connectivity index (χ2n) is 7.33. The van der Waals surface area contributed by atoms with Gasteiger partial charge in [-0.3, -0.25) is 9.59 Å². The molecule has 2 amide bonds. The number of nitrogens with one attached hydrogen (secondary N) is 1. The molecule has 0 aromatic heterocycles. The number of hydrogen-bond acceptors (Lipinski definition) is 4.